The van der Waals surface area contributed by atoms with Crippen molar-refractivity contribution in [1.29, 1.82) is 0 Å². The first-order valence-corrected chi connectivity index (χ1v) is 6.83. The molecule has 5 heteroatoms. The van der Waals surface area contributed by atoms with E-state index in [1.54, 1.807) is 12.1 Å². The van der Waals surface area contributed by atoms with Crippen LogP contribution in [0.4, 0.5) is 31.5 Å². The molecule has 1 aliphatic heterocycles. The molecule has 0 saturated heterocycles. The molecule has 0 radical (unpaired) electrons. The van der Waals surface area contributed by atoms with Gasteiger partial charge in [-0.25, -0.2) is 8.78 Å². The Hall–Kier alpha value is -2.30. The zero-order chi connectivity index (χ0) is 15.0. The van der Waals surface area contributed by atoms with Crippen LogP contribution in [0.1, 0.15) is 12.0 Å². The van der Waals surface area contributed by atoms with Gasteiger partial charge in [-0.3, -0.25) is 0 Å². The van der Waals surface area contributed by atoms with Gasteiger partial charge >= 0.3 is 0 Å². The number of halogens is 2. The summed E-state index contributed by atoms with van der Waals surface area (Å²) in [4.78, 5) is 4.07. The maximum absolute atomic E-state index is 13.3. The van der Waals surface area contributed by atoms with Gasteiger partial charge in [-0.15, -0.1) is 0 Å². The number of rotatable bonds is 2. The number of hydrogen-bond donors (Lipinski definition) is 1. The number of likely N-dealkylation sites (N-methyl/N-ethyl adjacent to an activating group) is 1. The highest BCUT2D eigenvalue weighted by atomic mass is 19.3. The highest BCUT2D eigenvalue weighted by Crippen LogP contribution is 2.41. The largest absolute Gasteiger partial charge is 0.399 e. The molecule has 0 atom stereocenters. The van der Waals surface area contributed by atoms with Crippen LogP contribution in [0.5, 0.6) is 0 Å². The van der Waals surface area contributed by atoms with Crippen molar-refractivity contribution in [2.75, 3.05) is 35.7 Å². The van der Waals surface area contributed by atoms with E-state index in [1.807, 2.05) is 36.2 Å². The summed E-state index contributed by atoms with van der Waals surface area (Å²) in [7, 11) is 2.01. The van der Waals surface area contributed by atoms with Gasteiger partial charge in [0, 0.05) is 31.4 Å². The van der Waals surface area contributed by atoms with E-state index in [4.69, 9.17) is 5.73 Å². The van der Waals surface area contributed by atoms with Crippen molar-refractivity contribution in [3.63, 3.8) is 0 Å². The summed E-state index contributed by atoms with van der Waals surface area (Å²) >= 11 is 0. The summed E-state index contributed by atoms with van der Waals surface area (Å²) in [5, 5.41) is 0. The van der Waals surface area contributed by atoms with Crippen LogP contribution < -0.4 is 15.5 Å². The fraction of sp³-hybridized carbons (Fsp3) is 0.250. The summed E-state index contributed by atoms with van der Waals surface area (Å²) in [5.74, 6) is 0. The molecule has 3 rings (SSSR count). The van der Waals surface area contributed by atoms with Gasteiger partial charge in [0.15, 0.2) is 0 Å². The number of hydrogen-bond acceptors (Lipinski definition) is 3. The fourth-order valence-electron chi connectivity index (χ4n) is 2.75. The zero-order valence-electron chi connectivity index (χ0n) is 11.8. The quantitative estimate of drug-likeness (QED) is 0.854. The third-order valence-corrected chi connectivity index (χ3v) is 3.82. The average Bonchev–Trinajstić information content (AvgIpc) is 2.48. The Morgan fingerprint density at radius 2 is 1.71 bits per heavy atom. The Kier molecular flexibility index (Phi) is 3.41. The highest BCUT2D eigenvalue weighted by Gasteiger charge is 2.25. The van der Waals surface area contributed by atoms with E-state index in [2.05, 4.69) is 4.90 Å². The number of benzene rings is 2. The van der Waals surface area contributed by atoms with Crippen LogP contribution >= 0.6 is 0 Å². The van der Waals surface area contributed by atoms with E-state index in [1.165, 1.54) is 6.07 Å². The maximum atomic E-state index is 13.3. The van der Waals surface area contributed by atoms with Crippen LogP contribution in [0.15, 0.2) is 42.5 Å². The predicted molar refractivity (Wildman–Crippen MR) is 82.5 cm³/mol. The van der Waals surface area contributed by atoms with Gasteiger partial charge in [-0.1, -0.05) is 12.1 Å². The van der Waals surface area contributed by atoms with Crippen LogP contribution in [0.25, 0.3) is 0 Å². The summed E-state index contributed by atoms with van der Waals surface area (Å²) in [6.45, 7) is 1.45. The minimum Gasteiger partial charge on any atom is -0.399 e. The number of nitrogens with two attached hydrogens (primary N) is 1. The van der Waals surface area contributed by atoms with Crippen molar-refractivity contribution in [2.45, 2.75) is 6.43 Å². The van der Waals surface area contributed by atoms with Crippen LogP contribution in [0.3, 0.4) is 0 Å². The Bertz CT molecular complexity index is 658. The topological polar surface area (TPSA) is 32.5 Å². The number of nitrogen functional groups attached to an aromatic ring is 1. The molecule has 110 valence electrons. The average molecular weight is 289 g/mol. The number of nitrogens with zero attached hydrogens (tertiary/aromatic N) is 2. The molecule has 0 fully saturated rings. The Labute approximate surface area is 122 Å². The van der Waals surface area contributed by atoms with Crippen molar-refractivity contribution in [3.05, 3.63) is 48.0 Å². The minimum atomic E-state index is -2.55. The van der Waals surface area contributed by atoms with Crippen molar-refractivity contribution >= 4 is 22.7 Å². The first kappa shape index (κ1) is 13.7. The van der Waals surface area contributed by atoms with Crippen molar-refractivity contribution in [3.8, 4) is 0 Å². The van der Waals surface area contributed by atoms with Gasteiger partial charge in [0.2, 0.25) is 0 Å². The molecule has 0 aromatic heterocycles. The lowest BCUT2D eigenvalue weighted by atomic mass is 10.1. The van der Waals surface area contributed by atoms with Gasteiger partial charge in [0.1, 0.15) is 0 Å². The molecular formula is C16H17F2N3. The molecular weight excluding hydrogens is 272 g/mol. The Balaban J connectivity index is 2.12. The van der Waals surface area contributed by atoms with Crippen molar-refractivity contribution in [1.82, 2.24) is 0 Å². The summed E-state index contributed by atoms with van der Waals surface area (Å²) < 4.78 is 26.6. The zero-order valence-corrected chi connectivity index (χ0v) is 11.8. The van der Waals surface area contributed by atoms with Crippen molar-refractivity contribution in [2.24, 2.45) is 0 Å². The SMILES string of the molecule is CN1CCN(c2ccc(N)cc2C(F)F)c2ccccc21. The third kappa shape index (κ3) is 2.39. The molecule has 0 spiro atoms. The monoisotopic (exact) mass is 289 g/mol. The summed E-state index contributed by atoms with van der Waals surface area (Å²) in [6, 6.07) is 12.5. The number of fused-ring (bicyclic) bond motifs is 1. The smallest absolute Gasteiger partial charge is 0.265 e. The number of alkyl halides is 2. The Morgan fingerprint density at radius 1 is 1.00 bits per heavy atom. The van der Waals surface area contributed by atoms with E-state index in [9.17, 15) is 8.78 Å². The van der Waals surface area contributed by atoms with E-state index in [-0.39, 0.29) is 5.56 Å². The molecule has 2 aromatic carbocycles. The van der Waals surface area contributed by atoms with E-state index >= 15 is 0 Å². The lowest BCUT2D eigenvalue weighted by molar-refractivity contribution is 0.152. The standard InChI is InChI=1S/C16H17F2N3/c1-20-8-9-21(15-5-3-2-4-14(15)20)13-7-6-11(19)10-12(13)16(17)18/h2-7,10,16H,8-9,19H2,1H3. The lowest BCUT2D eigenvalue weighted by Crippen LogP contribution is -2.36. The van der Waals surface area contributed by atoms with Gasteiger partial charge in [-0.05, 0) is 30.3 Å². The molecule has 2 N–H and O–H groups in total. The molecule has 1 heterocycles. The molecule has 0 unspecified atom stereocenters. The molecule has 0 aliphatic carbocycles. The van der Waals surface area contributed by atoms with Gasteiger partial charge in [-0.2, -0.15) is 0 Å². The molecule has 21 heavy (non-hydrogen) atoms. The van der Waals surface area contributed by atoms with Crippen LogP contribution in [0, 0.1) is 0 Å². The maximum Gasteiger partial charge on any atom is 0.265 e. The molecule has 2 aromatic rings. The Morgan fingerprint density at radius 3 is 2.43 bits per heavy atom. The normalized spacial score (nSPS) is 14.5. The number of anilines is 4. The number of para-hydroxylation sites is 2. The third-order valence-electron chi connectivity index (χ3n) is 3.82. The lowest BCUT2D eigenvalue weighted by Gasteiger charge is -2.37. The highest BCUT2D eigenvalue weighted by molar-refractivity contribution is 5.81. The summed E-state index contributed by atoms with van der Waals surface area (Å²) in [5.41, 5.74) is 8.50. The van der Waals surface area contributed by atoms with E-state index in [0.717, 1.165) is 17.9 Å². The van der Waals surface area contributed by atoms with E-state index in [0.29, 0.717) is 17.9 Å². The van der Waals surface area contributed by atoms with Gasteiger partial charge in [0.05, 0.1) is 17.1 Å². The van der Waals surface area contributed by atoms with Crippen LogP contribution in [0.2, 0.25) is 0 Å². The van der Waals surface area contributed by atoms with Gasteiger partial charge in [0.25, 0.3) is 6.43 Å². The first-order valence-electron chi connectivity index (χ1n) is 6.83. The molecule has 0 saturated carbocycles. The van der Waals surface area contributed by atoms with Gasteiger partial charge < -0.3 is 15.5 Å². The second-order valence-electron chi connectivity index (χ2n) is 5.18. The van der Waals surface area contributed by atoms with Crippen LogP contribution in [-0.2, 0) is 0 Å². The molecule has 1 aliphatic rings. The van der Waals surface area contributed by atoms with E-state index < -0.39 is 6.43 Å². The predicted octanol–water partition coefficient (Wildman–Crippen LogP) is 3.79. The molecule has 3 nitrogen and oxygen atoms in total. The van der Waals surface area contributed by atoms with Crippen molar-refractivity contribution < 1.29 is 8.78 Å². The minimum absolute atomic E-state index is 0.0191. The fourth-order valence-corrected chi connectivity index (χ4v) is 2.75. The second kappa shape index (κ2) is 5.24. The molecule has 0 amide bonds. The van der Waals surface area contributed by atoms with Crippen LogP contribution in [-0.4, -0.2) is 20.1 Å². The summed E-state index contributed by atoms with van der Waals surface area (Å²) in [6.07, 6.45) is -2.55. The second-order valence-corrected chi connectivity index (χ2v) is 5.18. The first-order chi connectivity index (χ1) is 10.1. The molecule has 0 bridgehead atoms.